The van der Waals surface area contributed by atoms with E-state index in [9.17, 15) is 4.39 Å². The molecule has 2 nitrogen and oxygen atoms in total. The number of nitrogens with two attached hydrogens (primary N) is 1. The normalized spacial score (nSPS) is 14.1. The zero-order chi connectivity index (χ0) is 13.8. The minimum atomic E-state index is -0.275. The smallest absolute Gasteiger partial charge is 0.148 e. The van der Waals surface area contributed by atoms with Gasteiger partial charge < -0.3 is 10.5 Å². The van der Waals surface area contributed by atoms with Gasteiger partial charge in [-0.15, -0.1) is 11.3 Å². The second kappa shape index (κ2) is 6.50. The molecule has 0 bridgehead atoms. The van der Waals surface area contributed by atoms with Gasteiger partial charge in [0.05, 0.1) is 3.79 Å². The molecule has 2 N–H and O–H groups in total. The van der Waals surface area contributed by atoms with Gasteiger partial charge >= 0.3 is 0 Å². The zero-order valence-corrected chi connectivity index (χ0v) is 12.9. The summed E-state index contributed by atoms with van der Waals surface area (Å²) in [6.07, 6.45) is 0.591. The average molecular weight is 344 g/mol. The molecule has 0 aliphatic carbocycles. The fourth-order valence-electron chi connectivity index (χ4n) is 1.71. The van der Waals surface area contributed by atoms with Gasteiger partial charge in [0.15, 0.2) is 0 Å². The van der Waals surface area contributed by atoms with Crippen LogP contribution >= 0.6 is 27.3 Å². The lowest BCUT2D eigenvalue weighted by molar-refractivity contribution is 0.174. The van der Waals surface area contributed by atoms with Crippen LogP contribution in [0.2, 0.25) is 0 Å². The van der Waals surface area contributed by atoms with E-state index in [1.54, 1.807) is 23.5 Å². The Morgan fingerprint density at radius 2 is 1.95 bits per heavy atom. The predicted octanol–water partition coefficient (Wildman–Crippen LogP) is 4.51. The van der Waals surface area contributed by atoms with E-state index in [2.05, 4.69) is 15.9 Å². The van der Waals surface area contributed by atoms with E-state index in [1.807, 2.05) is 19.1 Å². The van der Waals surface area contributed by atoms with Crippen LogP contribution in [0.1, 0.15) is 24.3 Å². The van der Waals surface area contributed by atoms with Crippen LogP contribution in [-0.2, 0) is 0 Å². The van der Waals surface area contributed by atoms with Crippen LogP contribution in [0.3, 0.4) is 0 Å². The molecule has 102 valence electrons. The second-order valence-corrected chi connectivity index (χ2v) is 6.70. The summed E-state index contributed by atoms with van der Waals surface area (Å²) < 4.78 is 19.9. The van der Waals surface area contributed by atoms with Crippen LogP contribution in [0.25, 0.3) is 0 Å². The van der Waals surface area contributed by atoms with Gasteiger partial charge in [-0.25, -0.2) is 4.39 Å². The molecule has 0 spiro atoms. The molecule has 1 heterocycles. The number of ether oxygens (including phenoxy) is 1. The van der Waals surface area contributed by atoms with Gasteiger partial charge in [-0.3, -0.25) is 0 Å². The third kappa shape index (κ3) is 3.78. The summed E-state index contributed by atoms with van der Waals surface area (Å²) in [6.45, 7) is 2.02. The maximum absolute atomic E-state index is 12.9. The van der Waals surface area contributed by atoms with Gasteiger partial charge in [0.1, 0.15) is 17.7 Å². The summed E-state index contributed by atoms with van der Waals surface area (Å²) in [5.41, 5.74) is 6.13. The minimum absolute atomic E-state index is 0.101. The van der Waals surface area contributed by atoms with E-state index in [0.29, 0.717) is 5.75 Å². The molecule has 1 aromatic heterocycles. The van der Waals surface area contributed by atoms with E-state index in [0.717, 1.165) is 15.1 Å². The van der Waals surface area contributed by atoms with E-state index in [4.69, 9.17) is 10.5 Å². The number of benzene rings is 1. The van der Waals surface area contributed by atoms with Crippen molar-refractivity contribution in [3.05, 3.63) is 50.9 Å². The van der Waals surface area contributed by atoms with Crippen molar-refractivity contribution in [3.8, 4) is 5.75 Å². The van der Waals surface area contributed by atoms with Crippen molar-refractivity contribution >= 4 is 27.3 Å². The number of rotatable bonds is 5. The SMILES string of the molecule is CCC(N)C(Oc1ccc(F)cc1)c1ccc(Br)s1. The maximum Gasteiger partial charge on any atom is 0.148 e. The number of halogens is 2. The summed E-state index contributed by atoms with van der Waals surface area (Å²) >= 11 is 5.04. The van der Waals surface area contributed by atoms with Crippen LogP contribution in [-0.4, -0.2) is 6.04 Å². The lowest BCUT2D eigenvalue weighted by Crippen LogP contribution is -2.30. The molecule has 19 heavy (non-hydrogen) atoms. The van der Waals surface area contributed by atoms with Gasteiger partial charge in [0.2, 0.25) is 0 Å². The molecule has 2 atom stereocenters. The maximum atomic E-state index is 12.9. The lowest BCUT2D eigenvalue weighted by Gasteiger charge is -2.23. The first-order valence-electron chi connectivity index (χ1n) is 6.03. The van der Waals surface area contributed by atoms with Crippen LogP contribution < -0.4 is 10.5 Å². The molecule has 5 heteroatoms. The fraction of sp³-hybridized carbons (Fsp3) is 0.286. The number of hydrogen-bond acceptors (Lipinski definition) is 3. The Morgan fingerprint density at radius 1 is 1.26 bits per heavy atom. The molecule has 2 unspecified atom stereocenters. The van der Waals surface area contributed by atoms with Gasteiger partial charge in [-0.05, 0) is 58.7 Å². The van der Waals surface area contributed by atoms with E-state index in [-0.39, 0.29) is 18.0 Å². The Labute approximate surface area is 124 Å². The molecule has 0 amide bonds. The Hall–Kier alpha value is -0.910. The molecule has 2 aromatic rings. The third-order valence-corrected chi connectivity index (χ3v) is 4.50. The molecule has 0 aliphatic heterocycles. The van der Waals surface area contributed by atoms with Crippen LogP contribution in [0, 0.1) is 5.82 Å². The van der Waals surface area contributed by atoms with Crippen molar-refractivity contribution in [3.63, 3.8) is 0 Å². The highest BCUT2D eigenvalue weighted by Crippen LogP contribution is 2.32. The average Bonchev–Trinajstić information content (AvgIpc) is 2.83. The highest BCUT2D eigenvalue weighted by atomic mass is 79.9. The van der Waals surface area contributed by atoms with Gasteiger partial charge in [0, 0.05) is 10.9 Å². The highest BCUT2D eigenvalue weighted by molar-refractivity contribution is 9.11. The quantitative estimate of drug-likeness (QED) is 0.866. The first kappa shape index (κ1) is 14.5. The lowest BCUT2D eigenvalue weighted by atomic mass is 10.1. The third-order valence-electron chi connectivity index (χ3n) is 2.81. The standard InChI is InChI=1S/C14H15BrFNOS/c1-2-11(17)14(12-7-8-13(15)19-12)18-10-5-3-9(16)4-6-10/h3-8,11,14H,2,17H2,1H3. The predicted molar refractivity (Wildman–Crippen MR) is 80.1 cm³/mol. The summed E-state index contributed by atoms with van der Waals surface area (Å²) in [4.78, 5) is 1.06. The summed E-state index contributed by atoms with van der Waals surface area (Å²) in [7, 11) is 0. The van der Waals surface area contributed by atoms with E-state index < -0.39 is 0 Å². The Balaban J connectivity index is 2.21. The molecular formula is C14H15BrFNOS. The van der Waals surface area contributed by atoms with Crippen molar-refractivity contribution < 1.29 is 9.13 Å². The number of hydrogen-bond donors (Lipinski definition) is 1. The molecule has 0 saturated heterocycles. The van der Waals surface area contributed by atoms with Gasteiger partial charge in [0.25, 0.3) is 0 Å². The van der Waals surface area contributed by atoms with Crippen molar-refractivity contribution in [2.75, 3.05) is 0 Å². The summed E-state index contributed by atoms with van der Waals surface area (Å²) in [6, 6.07) is 9.88. The Morgan fingerprint density at radius 3 is 2.47 bits per heavy atom. The summed E-state index contributed by atoms with van der Waals surface area (Å²) in [5, 5.41) is 0. The highest BCUT2D eigenvalue weighted by Gasteiger charge is 2.22. The second-order valence-electron chi connectivity index (χ2n) is 4.21. The van der Waals surface area contributed by atoms with Crippen molar-refractivity contribution in [2.24, 2.45) is 5.73 Å². The van der Waals surface area contributed by atoms with Gasteiger partial charge in [-0.2, -0.15) is 0 Å². The van der Waals surface area contributed by atoms with Crippen LogP contribution in [0.4, 0.5) is 4.39 Å². The largest absolute Gasteiger partial charge is 0.483 e. The van der Waals surface area contributed by atoms with Crippen LogP contribution in [0.5, 0.6) is 5.75 Å². The molecule has 0 saturated carbocycles. The topological polar surface area (TPSA) is 35.2 Å². The van der Waals surface area contributed by atoms with Crippen molar-refractivity contribution in [1.82, 2.24) is 0 Å². The monoisotopic (exact) mass is 343 g/mol. The zero-order valence-electron chi connectivity index (χ0n) is 10.5. The number of thiophene rings is 1. The van der Waals surface area contributed by atoms with Crippen molar-refractivity contribution in [1.29, 1.82) is 0 Å². The molecule has 0 radical (unpaired) electrons. The van der Waals surface area contributed by atoms with Crippen LogP contribution in [0.15, 0.2) is 40.2 Å². The van der Waals surface area contributed by atoms with Crippen molar-refractivity contribution in [2.45, 2.75) is 25.5 Å². The minimum Gasteiger partial charge on any atom is -0.483 e. The Kier molecular flexibility index (Phi) is 4.96. The molecule has 2 rings (SSSR count). The molecule has 1 aromatic carbocycles. The molecule has 0 fully saturated rings. The Bertz CT molecular complexity index is 528. The summed E-state index contributed by atoms with van der Waals surface area (Å²) in [5.74, 6) is 0.349. The van der Waals surface area contributed by atoms with E-state index in [1.165, 1.54) is 12.1 Å². The van der Waals surface area contributed by atoms with Gasteiger partial charge in [-0.1, -0.05) is 6.92 Å². The molecule has 0 aliphatic rings. The van der Waals surface area contributed by atoms with E-state index >= 15 is 0 Å². The first-order valence-corrected chi connectivity index (χ1v) is 7.64. The molecular weight excluding hydrogens is 329 g/mol. The first-order chi connectivity index (χ1) is 9.10. The fourth-order valence-corrected chi connectivity index (χ4v) is 3.24.